The number of halogens is 1. The first kappa shape index (κ1) is 13.5. The van der Waals surface area contributed by atoms with Gasteiger partial charge in [-0.3, -0.25) is 4.72 Å². The Labute approximate surface area is 112 Å². The molecule has 0 amide bonds. The van der Waals surface area contributed by atoms with Gasteiger partial charge in [0.05, 0.1) is 22.1 Å². The SMILES string of the molecule is CC(C)Oc1ccc(NS(=O)(=O)C2CC2)c(Cl)c1. The summed E-state index contributed by atoms with van der Waals surface area (Å²) in [6, 6.07) is 4.95. The molecule has 0 atom stereocenters. The normalized spacial score (nSPS) is 15.8. The molecule has 0 aliphatic heterocycles. The van der Waals surface area contributed by atoms with Gasteiger partial charge in [-0.15, -0.1) is 0 Å². The molecule has 0 unspecified atom stereocenters. The summed E-state index contributed by atoms with van der Waals surface area (Å²) < 4.78 is 31.5. The van der Waals surface area contributed by atoms with Crippen LogP contribution in [0.15, 0.2) is 18.2 Å². The van der Waals surface area contributed by atoms with Crippen LogP contribution in [0.25, 0.3) is 0 Å². The third-order valence-corrected chi connectivity index (χ3v) is 4.69. The van der Waals surface area contributed by atoms with Crippen molar-refractivity contribution < 1.29 is 13.2 Å². The van der Waals surface area contributed by atoms with Crippen molar-refractivity contribution in [3.63, 3.8) is 0 Å². The van der Waals surface area contributed by atoms with Crippen LogP contribution < -0.4 is 9.46 Å². The zero-order valence-corrected chi connectivity index (χ0v) is 11.9. The summed E-state index contributed by atoms with van der Waals surface area (Å²) in [5, 5.41) is 0.0810. The van der Waals surface area contributed by atoms with Crippen molar-refractivity contribution >= 4 is 27.3 Å². The van der Waals surface area contributed by atoms with E-state index in [1.165, 1.54) is 0 Å². The number of benzene rings is 1. The van der Waals surface area contributed by atoms with E-state index in [1.807, 2.05) is 13.8 Å². The van der Waals surface area contributed by atoms with Crippen LogP contribution in [0.3, 0.4) is 0 Å². The second kappa shape index (κ2) is 4.97. The number of anilines is 1. The molecular formula is C12H16ClNO3S. The summed E-state index contributed by atoms with van der Waals surface area (Å²) in [6.45, 7) is 3.83. The minimum Gasteiger partial charge on any atom is -0.491 e. The van der Waals surface area contributed by atoms with Crippen molar-refractivity contribution in [1.82, 2.24) is 0 Å². The topological polar surface area (TPSA) is 55.4 Å². The minimum absolute atomic E-state index is 0.0510. The summed E-state index contributed by atoms with van der Waals surface area (Å²) in [5.74, 6) is 0.629. The average molecular weight is 290 g/mol. The Morgan fingerprint density at radius 3 is 2.56 bits per heavy atom. The largest absolute Gasteiger partial charge is 0.491 e. The van der Waals surface area contributed by atoms with Crippen LogP contribution in [-0.2, 0) is 10.0 Å². The second-order valence-corrected chi connectivity index (χ2v) is 7.02. The van der Waals surface area contributed by atoms with E-state index in [1.54, 1.807) is 18.2 Å². The van der Waals surface area contributed by atoms with Crippen molar-refractivity contribution in [3.05, 3.63) is 23.2 Å². The van der Waals surface area contributed by atoms with Crippen LogP contribution >= 0.6 is 11.6 Å². The van der Waals surface area contributed by atoms with Gasteiger partial charge < -0.3 is 4.74 Å². The van der Waals surface area contributed by atoms with Crippen LogP contribution in [0, 0.1) is 0 Å². The highest BCUT2D eigenvalue weighted by molar-refractivity contribution is 7.93. The number of rotatable bonds is 5. The van der Waals surface area contributed by atoms with E-state index in [0.29, 0.717) is 16.5 Å². The Morgan fingerprint density at radius 1 is 1.39 bits per heavy atom. The summed E-state index contributed by atoms with van der Waals surface area (Å²) in [6.07, 6.45) is 1.50. The molecule has 18 heavy (non-hydrogen) atoms. The number of nitrogens with one attached hydrogen (secondary N) is 1. The standard InChI is InChI=1S/C12H16ClNO3S/c1-8(2)17-9-3-6-12(11(13)7-9)14-18(15,16)10-4-5-10/h3,6-8,10,14H,4-5H2,1-2H3. The van der Waals surface area contributed by atoms with E-state index in [-0.39, 0.29) is 11.4 Å². The van der Waals surface area contributed by atoms with Crippen LogP contribution in [0.4, 0.5) is 5.69 Å². The highest BCUT2D eigenvalue weighted by atomic mass is 35.5. The smallest absolute Gasteiger partial charge is 0.235 e. The molecule has 0 heterocycles. The third-order valence-electron chi connectivity index (χ3n) is 2.53. The summed E-state index contributed by atoms with van der Waals surface area (Å²) in [7, 11) is -3.27. The zero-order valence-electron chi connectivity index (χ0n) is 10.3. The first-order valence-electron chi connectivity index (χ1n) is 5.86. The molecule has 0 aromatic heterocycles. The molecule has 4 nitrogen and oxygen atoms in total. The van der Waals surface area contributed by atoms with Gasteiger partial charge in [-0.05, 0) is 38.8 Å². The van der Waals surface area contributed by atoms with E-state index < -0.39 is 10.0 Å². The van der Waals surface area contributed by atoms with E-state index in [2.05, 4.69) is 4.72 Å². The minimum atomic E-state index is -3.27. The van der Waals surface area contributed by atoms with Crippen molar-refractivity contribution in [2.24, 2.45) is 0 Å². The number of ether oxygens (including phenoxy) is 1. The Morgan fingerprint density at radius 2 is 2.06 bits per heavy atom. The molecule has 0 radical (unpaired) electrons. The van der Waals surface area contributed by atoms with Crippen molar-refractivity contribution in [1.29, 1.82) is 0 Å². The molecular weight excluding hydrogens is 274 g/mol. The number of hydrogen-bond acceptors (Lipinski definition) is 3. The lowest BCUT2D eigenvalue weighted by atomic mass is 10.3. The Kier molecular flexibility index (Phi) is 3.73. The molecule has 0 spiro atoms. The van der Waals surface area contributed by atoms with Gasteiger partial charge in [0, 0.05) is 6.07 Å². The fourth-order valence-electron chi connectivity index (χ4n) is 1.54. The van der Waals surface area contributed by atoms with Gasteiger partial charge in [0.15, 0.2) is 0 Å². The molecule has 1 aromatic carbocycles. The van der Waals surface area contributed by atoms with Crippen molar-refractivity contribution in [2.75, 3.05) is 4.72 Å². The van der Waals surface area contributed by atoms with E-state index >= 15 is 0 Å². The predicted molar refractivity (Wildman–Crippen MR) is 72.8 cm³/mol. The molecule has 1 aromatic rings. The maximum Gasteiger partial charge on any atom is 0.235 e. The van der Waals surface area contributed by atoms with Gasteiger partial charge in [0.1, 0.15) is 5.75 Å². The lowest BCUT2D eigenvalue weighted by Gasteiger charge is -2.13. The van der Waals surface area contributed by atoms with E-state index in [4.69, 9.17) is 16.3 Å². The molecule has 0 saturated heterocycles. The molecule has 0 bridgehead atoms. The van der Waals surface area contributed by atoms with Crippen LogP contribution in [0.1, 0.15) is 26.7 Å². The third kappa shape index (κ3) is 3.29. The van der Waals surface area contributed by atoms with E-state index in [0.717, 1.165) is 12.8 Å². The highest BCUT2D eigenvalue weighted by Gasteiger charge is 2.36. The molecule has 2 rings (SSSR count). The zero-order chi connectivity index (χ0) is 13.3. The maximum atomic E-state index is 11.8. The van der Waals surface area contributed by atoms with Gasteiger partial charge in [-0.1, -0.05) is 11.6 Å². The quantitative estimate of drug-likeness (QED) is 0.906. The molecule has 100 valence electrons. The Balaban J connectivity index is 2.14. The fraction of sp³-hybridized carbons (Fsp3) is 0.500. The van der Waals surface area contributed by atoms with Crippen molar-refractivity contribution in [3.8, 4) is 5.75 Å². The van der Waals surface area contributed by atoms with Crippen molar-refractivity contribution in [2.45, 2.75) is 38.0 Å². The maximum absolute atomic E-state index is 11.8. The monoisotopic (exact) mass is 289 g/mol. The van der Waals surface area contributed by atoms with Gasteiger partial charge in [-0.2, -0.15) is 0 Å². The van der Waals surface area contributed by atoms with Gasteiger partial charge >= 0.3 is 0 Å². The lowest BCUT2D eigenvalue weighted by Crippen LogP contribution is -2.17. The molecule has 6 heteroatoms. The number of sulfonamides is 1. The Bertz CT molecular complexity index is 538. The summed E-state index contributed by atoms with van der Waals surface area (Å²) in [4.78, 5) is 0. The van der Waals surface area contributed by atoms with Gasteiger partial charge in [0.25, 0.3) is 0 Å². The molecule has 1 N–H and O–H groups in total. The van der Waals surface area contributed by atoms with Gasteiger partial charge in [-0.25, -0.2) is 8.42 Å². The lowest BCUT2D eigenvalue weighted by molar-refractivity contribution is 0.242. The van der Waals surface area contributed by atoms with Crippen LogP contribution in [-0.4, -0.2) is 19.8 Å². The van der Waals surface area contributed by atoms with E-state index in [9.17, 15) is 8.42 Å². The Hall–Kier alpha value is -0.940. The summed E-state index contributed by atoms with van der Waals surface area (Å²) in [5.41, 5.74) is 0.402. The molecule has 1 saturated carbocycles. The molecule has 1 aliphatic rings. The van der Waals surface area contributed by atoms with Crippen LogP contribution in [0.5, 0.6) is 5.75 Å². The first-order chi connectivity index (χ1) is 8.38. The predicted octanol–water partition coefficient (Wildman–Crippen LogP) is 3.03. The fourth-order valence-corrected chi connectivity index (χ4v) is 3.22. The second-order valence-electron chi connectivity index (χ2n) is 4.65. The highest BCUT2D eigenvalue weighted by Crippen LogP contribution is 2.33. The first-order valence-corrected chi connectivity index (χ1v) is 7.79. The number of hydrogen-bond donors (Lipinski definition) is 1. The van der Waals surface area contributed by atoms with Gasteiger partial charge in [0.2, 0.25) is 10.0 Å². The van der Waals surface area contributed by atoms with Crippen LogP contribution in [0.2, 0.25) is 5.02 Å². The summed E-state index contributed by atoms with van der Waals surface area (Å²) >= 11 is 6.04. The molecule has 1 aliphatic carbocycles. The average Bonchev–Trinajstić information content (AvgIpc) is 3.04. The molecule has 1 fully saturated rings.